The maximum atomic E-state index is 15.4. The quantitative estimate of drug-likeness (QED) is 0.451. The summed E-state index contributed by atoms with van der Waals surface area (Å²) < 4.78 is 20.7. The van der Waals surface area contributed by atoms with Gasteiger partial charge >= 0.3 is 5.97 Å². The number of esters is 1. The van der Waals surface area contributed by atoms with Crippen LogP contribution in [0.4, 0.5) is 4.39 Å². The highest BCUT2D eigenvalue weighted by Crippen LogP contribution is 2.61. The molecule has 0 aliphatic heterocycles. The molecule has 0 saturated heterocycles. The van der Waals surface area contributed by atoms with Crippen molar-refractivity contribution in [2.75, 3.05) is 6.61 Å². The van der Waals surface area contributed by atoms with Crippen LogP contribution in [-0.2, 0) is 9.53 Å². The third-order valence-corrected chi connectivity index (χ3v) is 8.07. The fourth-order valence-corrected chi connectivity index (χ4v) is 6.16. The van der Waals surface area contributed by atoms with E-state index in [1.165, 1.54) is 32.1 Å². The molecule has 26 heavy (non-hydrogen) atoms. The van der Waals surface area contributed by atoms with E-state index in [2.05, 4.69) is 6.92 Å². The van der Waals surface area contributed by atoms with Gasteiger partial charge in [-0.3, -0.25) is 4.79 Å². The Kier molecular flexibility index (Phi) is 6.67. The Balaban J connectivity index is 1.45. The second-order valence-corrected chi connectivity index (χ2v) is 9.70. The third kappa shape index (κ3) is 4.28. The number of fused-ring (bicyclic) bond motifs is 3. The average Bonchev–Trinajstić information content (AvgIpc) is 2.68. The van der Waals surface area contributed by atoms with Gasteiger partial charge in [-0.15, -0.1) is 0 Å². The minimum absolute atomic E-state index is 0.00754. The van der Waals surface area contributed by atoms with Crippen LogP contribution in [0.15, 0.2) is 0 Å². The van der Waals surface area contributed by atoms with E-state index in [-0.39, 0.29) is 17.3 Å². The van der Waals surface area contributed by atoms with Gasteiger partial charge in [0.05, 0.1) is 12.5 Å². The summed E-state index contributed by atoms with van der Waals surface area (Å²) in [5.41, 5.74) is 0.555. The summed E-state index contributed by atoms with van der Waals surface area (Å²) in [6.07, 6.45) is 14.5. The van der Waals surface area contributed by atoms with E-state index in [1.807, 2.05) is 6.92 Å². The molecule has 2 nitrogen and oxygen atoms in total. The van der Waals surface area contributed by atoms with E-state index in [1.54, 1.807) is 0 Å². The number of carbonyl (C=O) groups is 1. The summed E-state index contributed by atoms with van der Waals surface area (Å²) >= 11 is 0. The van der Waals surface area contributed by atoms with Crippen LogP contribution >= 0.6 is 0 Å². The van der Waals surface area contributed by atoms with Gasteiger partial charge in [0.1, 0.15) is 6.17 Å². The van der Waals surface area contributed by atoms with Crippen molar-refractivity contribution in [3.8, 4) is 0 Å². The van der Waals surface area contributed by atoms with Gasteiger partial charge in [-0.25, -0.2) is 4.39 Å². The summed E-state index contributed by atoms with van der Waals surface area (Å²) in [5, 5.41) is 0. The molecule has 4 aliphatic carbocycles. The van der Waals surface area contributed by atoms with Crippen LogP contribution in [0, 0.1) is 22.7 Å². The number of halogens is 1. The van der Waals surface area contributed by atoms with Crippen molar-refractivity contribution in [3.05, 3.63) is 0 Å². The molecule has 4 saturated carbocycles. The smallest absolute Gasteiger partial charge is 0.308 e. The molecule has 150 valence electrons. The molecule has 1 atom stereocenters. The molecule has 0 aromatic heterocycles. The molecule has 0 radical (unpaired) electrons. The Morgan fingerprint density at radius 1 is 1.00 bits per heavy atom. The Hall–Kier alpha value is -0.600. The molecule has 0 heterocycles. The van der Waals surface area contributed by atoms with E-state index in [4.69, 9.17) is 4.74 Å². The van der Waals surface area contributed by atoms with Crippen LogP contribution in [-0.4, -0.2) is 18.7 Å². The molecule has 0 spiro atoms. The molecule has 4 aliphatic rings. The molecule has 0 aromatic carbocycles. The van der Waals surface area contributed by atoms with Gasteiger partial charge in [-0.05, 0) is 94.8 Å². The number of hydrogen-bond acceptors (Lipinski definition) is 2. The maximum absolute atomic E-state index is 15.4. The van der Waals surface area contributed by atoms with Crippen molar-refractivity contribution in [1.29, 1.82) is 0 Å². The minimum atomic E-state index is -0.629. The second kappa shape index (κ2) is 8.61. The Morgan fingerprint density at radius 2 is 1.62 bits per heavy atom. The normalized spacial score (nSPS) is 38.1. The number of hydrogen-bond donors (Lipinski definition) is 0. The topological polar surface area (TPSA) is 26.3 Å². The van der Waals surface area contributed by atoms with Gasteiger partial charge < -0.3 is 4.74 Å². The molecule has 1 unspecified atom stereocenters. The molecule has 2 bridgehead atoms. The molecule has 3 heteroatoms. The van der Waals surface area contributed by atoms with Gasteiger partial charge in [-0.2, -0.15) is 0 Å². The van der Waals surface area contributed by atoms with Crippen LogP contribution in [0.5, 0.6) is 0 Å². The van der Waals surface area contributed by atoms with Crippen molar-refractivity contribution in [2.45, 2.75) is 110 Å². The van der Waals surface area contributed by atoms with Crippen LogP contribution < -0.4 is 0 Å². The molecule has 0 amide bonds. The lowest BCUT2D eigenvalue weighted by Gasteiger charge is -2.55. The highest BCUT2D eigenvalue weighted by Gasteiger charge is 2.52. The number of ether oxygens (including phenoxy) is 1. The Morgan fingerprint density at radius 3 is 2.15 bits per heavy atom. The first kappa shape index (κ1) is 20.1. The lowest BCUT2D eigenvalue weighted by molar-refractivity contribution is -0.150. The van der Waals surface area contributed by atoms with Gasteiger partial charge in [-0.1, -0.05) is 20.3 Å². The van der Waals surface area contributed by atoms with Crippen molar-refractivity contribution in [2.24, 2.45) is 22.7 Å². The van der Waals surface area contributed by atoms with Gasteiger partial charge in [0.2, 0.25) is 0 Å². The first-order valence-electron chi connectivity index (χ1n) is 11.3. The van der Waals surface area contributed by atoms with Crippen molar-refractivity contribution in [3.63, 3.8) is 0 Å². The zero-order valence-electron chi connectivity index (χ0n) is 17.0. The van der Waals surface area contributed by atoms with E-state index in [9.17, 15) is 4.79 Å². The van der Waals surface area contributed by atoms with Crippen molar-refractivity contribution in [1.82, 2.24) is 0 Å². The lowest BCUT2D eigenvalue weighted by Crippen LogP contribution is -2.47. The predicted octanol–water partition coefficient (Wildman–Crippen LogP) is 6.61. The number of alkyl halides is 1. The minimum Gasteiger partial charge on any atom is -0.465 e. The first-order valence-corrected chi connectivity index (χ1v) is 11.3. The zero-order valence-corrected chi connectivity index (χ0v) is 17.0. The molecule has 0 aromatic rings. The lowest BCUT2D eigenvalue weighted by atomic mass is 9.51. The van der Waals surface area contributed by atoms with Gasteiger partial charge in [0, 0.05) is 5.41 Å². The first-order chi connectivity index (χ1) is 12.5. The standard InChI is InChI=1S/C23H39FO2/c1-3-9-22-10-13-23(14-11-22,15-12-22)20(24)17-18-5-7-19(8-6-18)21(25)26-16-4-2/h18-20H,3-17H2,1-2H3. The maximum Gasteiger partial charge on any atom is 0.308 e. The molecule has 4 fully saturated rings. The van der Waals surface area contributed by atoms with Crippen molar-refractivity contribution >= 4 is 5.97 Å². The summed E-state index contributed by atoms with van der Waals surface area (Å²) in [5.74, 6) is 0.513. The monoisotopic (exact) mass is 366 g/mol. The number of rotatable bonds is 8. The van der Waals surface area contributed by atoms with Crippen LogP contribution in [0.3, 0.4) is 0 Å². The van der Waals surface area contributed by atoms with E-state index >= 15 is 4.39 Å². The third-order valence-electron chi connectivity index (χ3n) is 8.07. The molecule has 0 N–H and O–H groups in total. The van der Waals surface area contributed by atoms with Crippen LogP contribution in [0.1, 0.15) is 104 Å². The van der Waals surface area contributed by atoms with Crippen LogP contribution in [0.2, 0.25) is 0 Å². The van der Waals surface area contributed by atoms with E-state index in [0.29, 0.717) is 17.9 Å². The van der Waals surface area contributed by atoms with Crippen molar-refractivity contribution < 1.29 is 13.9 Å². The van der Waals surface area contributed by atoms with Crippen LogP contribution in [0.25, 0.3) is 0 Å². The highest BCUT2D eigenvalue weighted by molar-refractivity contribution is 5.72. The van der Waals surface area contributed by atoms with E-state index < -0.39 is 6.17 Å². The molecule has 4 rings (SSSR count). The largest absolute Gasteiger partial charge is 0.465 e. The summed E-state index contributed by atoms with van der Waals surface area (Å²) in [4.78, 5) is 12.0. The highest BCUT2D eigenvalue weighted by atomic mass is 19.1. The van der Waals surface area contributed by atoms with Gasteiger partial charge in [0.15, 0.2) is 0 Å². The Bertz CT molecular complexity index is 442. The Labute approximate surface area is 159 Å². The van der Waals surface area contributed by atoms with Gasteiger partial charge in [0.25, 0.3) is 0 Å². The predicted molar refractivity (Wildman–Crippen MR) is 104 cm³/mol. The number of carbonyl (C=O) groups excluding carboxylic acids is 1. The average molecular weight is 367 g/mol. The van der Waals surface area contributed by atoms with E-state index in [0.717, 1.165) is 57.8 Å². The zero-order chi connectivity index (χ0) is 18.6. The molecular formula is C23H39FO2. The fraction of sp³-hybridized carbons (Fsp3) is 0.957. The summed E-state index contributed by atoms with van der Waals surface area (Å²) in [6, 6.07) is 0. The SMILES string of the molecule is CCCOC(=O)C1CCC(CC(F)C23CCC(CCC)(CC2)CC3)CC1. The second-order valence-electron chi connectivity index (χ2n) is 9.70. The molecular weight excluding hydrogens is 327 g/mol. The summed E-state index contributed by atoms with van der Waals surface area (Å²) in [6.45, 7) is 4.85. The summed E-state index contributed by atoms with van der Waals surface area (Å²) in [7, 11) is 0. The fourth-order valence-electron chi connectivity index (χ4n) is 6.16.